The van der Waals surface area contributed by atoms with E-state index in [1.165, 1.54) is 6.08 Å². The quantitative estimate of drug-likeness (QED) is 0.757. The number of rotatable bonds is 6. The van der Waals surface area contributed by atoms with Crippen molar-refractivity contribution in [2.24, 2.45) is 5.92 Å². The number of ether oxygens (including phenoxy) is 2. The molecule has 0 amide bonds. The van der Waals surface area contributed by atoms with Crippen LogP contribution in [0.4, 0.5) is 0 Å². The Hall–Kier alpha value is -2.36. The topological polar surface area (TPSA) is 52.6 Å². The Labute approximate surface area is 130 Å². The normalized spacial score (nSPS) is 17.7. The summed E-state index contributed by atoms with van der Waals surface area (Å²) in [6.07, 6.45) is 8.59. The number of ketones is 2. The first-order chi connectivity index (χ1) is 10.6. The number of carbonyl (C=O) groups is 2. The molecule has 0 aliphatic heterocycles. The molecule has 0 saturated heterocycles. The fraction of sp³-hybridized carbons (Fsp3) is 0.333. The van der Waals surface area contributed by atoms with E-state index in [0.29, 0.717) is 11.5 Å². The van der Waals surface area contributed by atoms with Gasteiger partial charge in [0.2, 0.25) is 0 Å². The maximum absolute atomic E-state index is 12.0. The third-order valence-electron chi connectivity index (χ3n) is 3.68. The lowest BCUT2D eigenvalue weighted by Gasteiger charge is -2.14. The molecule has 0 saturated carbocycles. The fourth-order valence-corrected chi connectivity index (χ4v) is 2.43. The van der Waals surface area contributed by atoms with Gasteiger partial charge in [-0.3, -0.25) is 9.59 Å². The zero-order valence-electron chi connectivity index (χ0n) is 12.9. The third kappa shape index (κ3) is 4.07. The van der Waals surface area contributed by atoms with Crippen molar-refractivity contribution in [3.63, 3.8) is 0 Å². The van der Waals surface area contributed by atoms with Crippen LogP contribution >= 0.6 is 0 Å². The first kappa shape index (κ1) is 16.0. The molecule has 1 aliphatic rings. The Morgan fingerprint density at radius 1 is 1.27 bits per heavy atom. The van der Waals surface area contributed by atoms with Crippen LogP contribution in [0.1, 0.15) is 24.8 Å². The second-order valence-corrected chi connectivity index (χ2v) is 5.20. The average molecular weight is 300 g/mol. The van der Waals surface area contributed by atoms with Gasteiger partial charge in [-0.2, -0.15) is 0 Å². The minimum Gasteiger partial charge on any atom is -0.493 e. The second kappa shape index (κ2) is 7.59. The first-order valence-electron chi connectivity index (χ1n) is 7.27. The molecule has 1 aromatic rings. The molecular weight excluding hydrogens is 280 g/mol. The average Bonchev–Trinajstić information content (AvgIpc) is 2.54. The van der Waals surface area contributed by atoms with Gasteiger partial charge in [0, 0.05) is 12.3 Å². The van der Waals surface area contributed by atoms with Crippen molar-refractivity contribution in [2.45, 2.75) is 19.3 Å². The summed E-state index contributed by atoms with van der Waals surface area (Å²) in [7, 11) is 3.14. The summed E-state index contributed by atoms with van der Waals surface area (Å²) >= 11 is 0. The lowest BCUT2D eigenvalue weighted by atomic mass is 9.88. The largest absolute Gasteiger partial charge is 0.493 e. The molecule has 1 aromatic carbocycles. The van der Waals surface area contributed by atoms with Crippen molar-refractivity contribution in [3.05, 3.63) is 42.0 Å². The van der Waals surface area contributed by atoms with Crippen LogP contribution in [0.15, 0.2) is 36.4 Å². The zero-order chi connectivity index (χ0) is 15.9. The lowest BCUT2D eigenvalue weighted by Crippen LogP contribution is -2.18. The van der Waals surface area contributed by atoms with Gasteiger partial charge in [-0.1, -0.05) is 18.2 Å². The molecule has 1 aliphatic carbocycles. The fourth-order valence-electron chi connectivity index (χ4n) is 2.43. The zero-order valence-corrected chi connectivity index (χ0v) is 12.9. The second-order valence-electron chi connectivity index (χ2n) is 5.20. The predicted molar refractivity (Wildman–Crippen MR) is 85.1 cm³/mol. The Morgan fingerprint density at radius 3 is 2.73 bits per heavy atom. The van der Waals surface area contributed by atoms with Gasteiger partial charge in [-0.25, -0.2) is 0 Å². The third-order valence-corrected chi connectivity index (χ3v) is 3.68. The number of benzene rings is 1. The molecule has 0 aromatic heterocycles. The minimum absolute atomic E-state index is 0.0385. The monoisotopic (exact) mass is 300 g/mol. The van der Waals surface area contributed by atoms with E-state index in [1.807, 2.05) is 12.1 Å². The van der Waals surface area contributed by atoms with Crippen LogP contribution in [0.2, 0.25) is 0 Å². The summed E-state index contributed by atoms with van der Waals surface area (Å²) in [5.41, 5.74) is 0.848. The summed E-state index contributed by atoms with van der Waals surface area (Å²) in [6.45, 7) is 0. The van der Waals surface area contributed by atoms with E-state index in [0.717, 1.165) is 18.4 Å². The van der Waals surface area contributed by atoms with E-state index in [2.05, 4.69) is 0 Å². The SMILES string of the molecule is COc1ccc(/C=C/C(=O)CC2CCC=CC2=O)cc1OC. The molecule has 2 rings (SSSR count). The van der Waals surface area contributed by atoms with Crippen LogP contribution in [0.25, 0.3) is 6.08 Å². The van der Waals surface area contributed by atoms with E-state index >= 15 is 0 Å². The molecule has 0 N–H and O–H groups in total. The van der Waals surface area contributed by atoms with E-state index in [9.17, 15) is 9.59 Å². The van der Waals surface area contributed by atoms with Gasteiger partial charge in [0.1, 0.15) is 0 Å². The highest BCUT2D eigenvalue weighted by molar-refractivity contribution is 5.99. The van der Waals surface area contributed by atoms with Crippen LogP contribution in [0, 0.1) is 5.92 Å². The van der Waals surface area contributed by atoms with Crippen LogP contribution in [-0.4, -0.2) is 25.8 Å². The van der Waals surface area contributed by atoms with Crippen molar-refractivity contribution < 1.29 is 19.1 Å². The van der Waals surface area contributed by atoms with E-state index in [1.54, 1.807) is 38.5 Å². The lowest BCUT2D eigenvalue weighted by molar-refractivity contribution is -0.123. The molecule has 0 heterocycles. The maximum atomic E-state index is 12.0. The van der Waals surface area contributed by atoms with Crippen molar-refractivity contribution in [2.75, 3.05) is 14.2 Å². The van der Waals surface area contributed by atoms with Crippen LogP contribution in [-0.2, 0) is 9.59 Å². The van der Waals surface area contributed by atoms with E-state index in [-0.39, 0.29) is 23.9 Å². The molecule has 0 spiro atoms. The van der Waals surface area contributed by atoms with Gasteiger partial charge in [0.15, 0.2) is 23.1 Å². The number of carbonyl (C=O) groups excluding carboxylic acids is 2. The molecular formula is C18H20O4. The van der Waals surface area contributed by atoms with Gasteiger partial charge >= 0.3 is 0 Å². The van der Waals surface area contributed by atoms with Crippen molar-refractivity contribution in [1.82, 2.24) is 0 Å². The Kier molecular flexibility index (Phi) is 5.53. The van der Waals surface area contributed by atoms with Gasteiger partial charge in [-0.15, -0.1) is 0 Å². The van der Waals surface area contributed by atoms with Crippen molar-refractivity contribution in [1.29, 1.82) is 0 Å². The molecule has 4 nitrogen and oxygen atoms in total. The van der Waals surface area contributed by atoms with Crippen LogP contribution < -0.4 is 9.47 Å². The van der Waals surface area contributed by atoms with Gasteiger partial charge in [0.05, 0.1) is 14.2 Å². The highest BCUT2D eigenvalue weighted by Gasteiger charge is 2.20. The summed E-state index contributed by atoms with van der Waals surface area (Å²) in [5.74, 6) is 1.10. The Balaban J connectivity index is 2.00. The summed E-state index contributed by atoms with van der Waals surface area (Å²) in [4.78, 5) is 23.7. The van der Waals surface area contributed by atoms with Gasteiger partial charge < -0.3 is 9.47 Å². The Morgan fingerprint density at radius 2 is 2.05 bits per heavy atom. The highest BCUT2D eigenvalue weighted by Crippen LogP contribution is 2.28. The smallest absolute Gasteiger partial charge is 0.161 e. The number of hydrogen-bond acceptors (Lipinski definition) is 4. The molecule has 0 fully saturated rings. The van der Waals surface area contributed by atoms with Crippen molar-refractivity contribution in [3.8, 4) is 11.5 Å². The van der Waals surface area contributed by atoms with Gasteiger partial charge in [0.25, 0.3) is 0 Å². The number of methoxy groups -OCH3 is 2. The summed E-state index contributed by atoms with van der Waals surface area (Å²) < 4.78 is 10.4. The predicted octanol–water partition coefficient (Wildman–Crippen LogP) is 3.21. The summed E-state index contributed by atoms with van der Waals surface area (Å²) in [5, 5.41) is 0. The first-order valence-corrected chi connectivity index (χ1v) is 7.27. The van der Waals surface area contributed by atoms with Gasteiger partial charge in [-0.05, 0) is 42.7 Å². The Bertz CT molecular complexity index is 614. The number of allylic oxidation sites excluding steroid dienone is 3. The molecule has 0 radical (unpaired) electrons. The van der Waals surface area contributed by atoms with Crippen LogP contribution in [0.3, 0.4) is 0 Å². The van der Waals surface area contributed by atoms with Crippen molar-refractivity contribution >= 4 is 17.6 Å². The standard InChI is InChI=1S/C18H20O4/c1-21-17-10-8-13(11-18(17)22-2)7-9-15(19)12-14-5-3-4-6-16(14)20/h4,6-11,14H,3,5,12H2,1-2H3/b9-7+. The molecule has 1 unspecified atom stereocenters. The summed E-state index contributed by atoms with van der Waals surface area (Å²) in [6, 6.07) is 5.44. The molecule has 1 atom stereocenters. The van der Waals surface area contributed by atoms with Crippen LogP contribution in [0.5, 0.6) is 11.5 Å². The molecule has 116 valence electrons. The van der Waals surface area contributed by atoms with E-state index < -0.39 is 0 Å². The molecule has 0 bridgehead atoms. The molecule has 22 heavy (non-hydrogen) atoms. The highest BCUT2D eigenvalue weighted by atomic mass is 16.5. The maximum Gasteiger partial charge on any atom is 0.161 e. The number of hydrogen-bond donors (Lipinski definition) is 0. The van der Waals surface area contributed by atoms with E-state index in [4.69, 9.17) is 9.47 Å². The molecule has 4 heteroatoms. The minimum atomic E-state index is -0.174.